The first-order chi connectivity index (χ1) is 19.5. The second kappa shape index (κ2) is 11.2. The average Bonchev–Trinajstić information content (AvgIpc) is 3.08. The van der Waals surface area contributed by atoms with Gasteiger partial charge in [0.1, 0.15) is 5.82 Å². The van der Waals surface area contributed by atoms with Crippen LogP contribution < -0.4 is 4.90 Å². The number of benzene rings is 4. The number of halogens is 1. The average molecular weight is 554 g/mol. The van der Waals surface area contributed by atoms with E-state index in [0.29, 0.717) is 45.3 Å². The number of fused-ring (bicyclic) bond motifs is 2. The van der Waals surface area contributed by atoms with Gasteiger partial charge in [0, 0.05) is 43.9 Å². The number of amides is 2. The Labute approximate surface area is 235 Å². The minimum absolute atomic E-state index is 0.0557. The normalized spacial score (nSPS) is 17.2. The third-order valence-electron chi connectivity index (χ3n) is 7.45. The maximum absolute atomic E-state index is 14.7. The van der Waals surface area contributed by atoms with Crippen molar-refractivity contribution >= 4 is 28.3 Å². The molecule has 1 atom stereocenters. The predicted octanol–water partition coefficient (Wildman–Crippen LogP) is 5.11. The molecule has 2 amide bonds. The van der Waals surface area contributed by atoms with Gasteiger partial charge in [0.05, 0.1) is 38.4 Å². The summed E-state index contributed by atoms with van der Waals surface area (Å²) in [5.74, 6) is -0.964. The molecule has 0 spiro atoms. The van der Waals surface area contributed by atoms with E-state index in [9.17, 15) is 18.2 Å². The quantitative estimate of drug-likeness (QED) is 0.345. The van der Waals surface area contributed by atoms with Gasteiger partial charge in [-0.3, -0.25) is 14.5 Å². The van der Waals surface area contributed by atoms with Crippen LogP contribution in [0.15, 0.2) is 107 Å². The maximum atomic E-state index is 14.7. The highest BCUT2D eigenvalue weighted by Crippen LogP contribution is 2.36. The van der Waals surface area contributed by atoms with E-state index in [0.717, 1.165) is 19.6 Å². The molecule has 0 bridgehead atoms. The van der Waals surface area contributed by atoms with E-state index >= 15 is 0 Å². The molecule has 40 heavy (non-hydrogen) atoms. The number of piperazine rings is 1. The lowest BCUT2D eigenvalue weighted by Gasteiger charge is -2.35. The van der Waals surface area contributed by atoms with E-state index in [-0.39, 0.29) is 18.4 Å². The van der Waals surface area contributed by atoms with Gasteiger partial charge < -0.3 is 9.80 Å². The highest BCUT2D eigenvalue weighted by atomic mass is 32.2. The van der Waals surface area contributed by atoms with E-state index in [4.69, 9.17) is 0 Å². The van der Waals surface area contributed by atoms with Crippen LogP contribution in [0.5, 0.6) is 0 Å². The highest BCUT2D eigenvalue weighted by molar-refractivity contribution is 7.85. The molecule has 0 unspecified atom stereocenters. The third kappa shape index (κ3) is 5.08. The molecule has 1 saturated heterocycles. The zero-order chi connectivity index (χ0) is 27.6. The van der Waals surface area contributed by atoms with Gasteiger partial charge in [0.2, 0.25) is 0 Å². The van der Waals surface area contributed by atoms with Gasteiger partial charge in [0.25, 0.3) is 11.8 Å². The summed E-state index contributed by atoms with van der Waals surface area (Å²) in [7, 11) is -1.65. The van der Waals surface area contributed by atoms with Crippen molar-refractivity contribution in [1.29, 1.82) is 0 Å². The van der Waals surface area contributed by atoms with E-state index in [1.165, 1.54) is 16.5 Å². The molecule has 6 nitrogen and oxygen atoms in total. The molecule has 0 aliphatic carbocycles. The fraction of sp³-hybridized carbons (Fsp3) is 0.188. The van der Waals surface area contributed by atoms with Crippen LogP contribution in [0.1, 0.15) is 31.8 Å². The van der Waals surface area contributed by atoms with Gasteiger partial charge in [-0.25, -0.2) is 8.60 Å². The van der Waals surface area contributed by atoms with Crippen LogP contribution in [-0.4, -0.2) is 52.0 Å². The number of hydrogen-bond donors (Lipinski definition) is 0. The van der Waals surface area contributed by atoms with E-state index in [1.807, 2.05) is 23.1 Å². The van der Waals surface area contributed by atoms with Gasteiger partial charge in [-0.05, 0) is 42.0 Å². The molecule has 4 aromatic carbocycles. The fourth-order valence-corrected chi connectivity index (χ4v) is 6.63. The summed E-state index contributed by atoms with van der Waals surface area (Å²) in [5.41, 5.74) is 2.64. The Morgan fingerprint density at radius 3 is 2.25 bits per heavy atom. The zero-order valence-electron chi connectivity index (χ0n) is 21.8. The van der Waals surface area contributed by atoms with Crippen LogP contribution >= 0.6 is 0 Å². The molecule has 8 heteroatoms. The molecule has 0 aromatic heterocycles. The van der Waals surface area contributed by atoms with Crippen LogP contribution in [0.3, 0.4) is 0 Å². The summed E-state index contributed by atoms with van der Waals surface area (Å²) in [4.78, 5) is 33.8. The summed E-state index contributed by atoms with van der Waals surface area (Å²) in [5, 5.41) is 0. The van der Waals surface area contributed by atoms with Crippen LogP contribution in [0.4, 0.5) is 10.1 Å². The molecule has 1 fully saturated rings. The lowest BCUT2D eigenvalue weighted by molar-refractivity contribution is 0.0628. The molecule has 2 aliphatic rings. The Morgan fingerprint density at radius 1 is 0.775 bits per heavy atom. The van der Waals surface area contributed by atoms with Crippen LogP contribution in [0.2, 0.25) is 0 Å². The maximum Gasteiger partial charge on any atom is 0.259 e. The van der Waals surface area contributed by atoms with Crippen molar-refractivity contribution in [1.82, 2.24) is 9.80 Å². The van der Waals surface area contributed by atoms with Gasteiger partial charge >= 0.3 is 0 Å². The molecule has 2 aliphatic heterocycles. The number of hydrogen-bond acceptors (Lipinski definition) is 4. The number of anilines is 1. The van der Waals surface area contributed by atoms with Crippen molar-refractivity contribution in [2.24, 2.45) is 0 Å². The first kappa shape index (κ1) is 26.1. The molecule has 0 radical (unpaired) electrons. The molecule has 0 saturated carbocycles. The van der Waals surface area contributed by atoms with Crippen molar-refractivity contribution in [3.63, 3.8) is 0 Å². The number of carbonyl (C=O) groups excluding carboxylic acids is 2. The Morgan fingerprint density at radius 2 is 1.48 bits per heavy atom. The minimum Gasteiger partial charge on any atom is -0.336 e. The van der Waals surface area contributed by atoms with Gasteiger partial charge in [-0.1, -0.05) is 60.7 Å². The lowest BCUT2D eigenvalue weighted by Crippen LogP contribution is -2.48. The fourth-order valence-electron chi connectivity index (χ4n) is 5.28. The zero-order valence-corrected chi connectivity index (χ0v) is 22.6. The Hall–Kier alpha value is -4.14. The summed E-state index contributed by atoms with van der Waals surface area (Å²) >= 11 is 0. The minimum atomic E-state index is -1.65. The van der Waals surface area contributed by atoms with Crippen molar-refractivity contribution < 1.29 is 18.2 Å². The van der Waals surface area contributed by atoms with Crippen LogP contribution in [-0.2, 0) is 23.9 Å². The second-order valence-electron chi connectivity index (χ2n) is 9.98. The van der Waals surface area contributed by atoms with Crippen LogP contribution in [0.25, 0.3) is 0 Å². The molecule has 0 N–H and O–H groups in total. The number of carbonyl (C=O) groups is 2. The van der Waals surface area contributed by atoms with Crippen molar-refractivity contribution in [2.45, 2.75) is 22.9 Å². The highest BCUT2D eigenvalue weighted by Gasteiger charge is 2.32. The van der Waals surface area contributed by atoms with E-state index < -0.39 is 16.6 Å². The largest absolute Gasteiger partial charge is 0.336 e. The summed E-state index contributed by atoms with van der Waals surface area (Å²) < 4.78 is 28.3. The molecule has 202 valence electrons. The SMILES string of the molecule is O=C(c1ccc2c(c1)N(Cc1ccccc1F)C(=O)c1ccccc1[S@@]2=O)N1CCN(Cc2ccccc2)CC1. The van der Waals surface area contributed by atoms with Crippen molar-refractivity contribution in [3.8, 4) is 0 Å². The van der Waals surface area contributed by atoms with E-state index in [2.05, 4.69) is 17.0 Å². The third-order valence-corrected chi connectivity index (χ3v) is 8.95. The molecular weight excluding hydrogens is 525 g/mol. The van der Waals surface area contributed by atoms with Gasteiger partial charge in [-0.2, -0.15) is 0 Å². The van der Waals surface area contributed by atoms with Crippen molar-refractivity contribution in [2.75, 3.05) is 31.1 Å². The number of nitrogens with zero attached hydrogens (tertiary/aromatic N) is 3. The Bertz CT molecular complexity index is 1600. The topological polar surface area (TPSA) is 60.9 Å². The second-order valence-corrected chi connectivity index (χ2v) is 11.4. The monoisotopic (exact) mass is 553 g/mol. The molecule has 2 heterocycles. The first-order valence-electron chi connectivity index (χ1n) is 13.3. The summed E-state index contributed by atoms with van der Waals surface area (Å²) in [6.45, 7) is 3.45. The van der Waals surface area contributed by atoms with Crippen LogP contribution in [0, 0.1) is 5.82 Å². The van der Waals surface area contributed by atoms with Crippen molar-refractivity contribution in [3.05, 3.63) is 125 Å². The summed E-state index contributed by atoms with van der Waals surface area (Å²) in [6, 6.07) is 28.3. The smallest absolute Gasteiger partial charge is 0.259 e. The predicted molar refractivity (Wildman–Crippen MR) is 152 cm³/mol. The summed E-state index contributed by atoms with van der Waals surface area (Å²) in [6.07, 6.45) is 0. The molecular formula is C32H28FN3O3S. The Kier molecular flexibility index (Phi) is 7.28. The van der Waals surface area contributed by atoms with Gasteiger partial charge in [0.15, 0.2) is 0 Å². The van der Waals surface area contributed by atoms with E-state index in [1.54, 1.807) is 60.7 Å². The Balaban J connectivity index is 1.30. The lowest BCUT2D eigenvalue weighted by atomic mass is 10.1. The number of rotatable bonds is 5. The van der Waals surface area contributed by atoms with Gasteiger partial charge in [-0.15, -0.1) is 0 Å². The standard InChI is InChI=1S/C32H28FN3O3S/c33-27-12-6-4-10-25(27)22-36-28-20-24(14-15-30(28)40(39)29-13-7-5-11-26(29)32(36)38)31(37)35-18-16-34(17-19-35)21-23-8-2-1-3-9-23/h1-15,20H,16-19,21-22H2/t40-/m0/s1. The first-order valence-corrected chi connectivity index (χ1v) is 14.4. The molecule has 6 rings (SSSR count). The molecule has 4 aromatic rings.